The minimum Gasteiger partial charge on any atom is -0.496 e. The Morgan fingerprint density at radius 1 is 1.07 bits per heavy atom. The summed E-state index contributed by atoms with van der Waals surface area (Å²) in [6.07, 6.45) is -0.787. The number of pyridine rings is 1. The van der Waals surface area contributed by atoms with Crippen LogP contribution in [0.5, 0.6) is 5.75 Å². The van der Waals surface area contributed by atoms with Crippen LogP contribution in [0.4, 0.5) is 0 Å². The molecule has 1 atom stereocenters. The number of esters is 1. The molecule has 0 aromatic carbocycles. The molecule has 0 radical (unpaired) electrons. The number of carbonyl (C=O) groups is 1. The number of imidazole rings is 1. The highest BCUT2D eigenvalue weighted by Crippen LogP contribution is 2.26. The van der Waals surface area contributed by atoms with Gasteiger partial charge in [0.1, 0.15) is 11.3 Å². The van der Waals surface area contributed by atoms with Crippen LogP contribution < -0.4 is 16.0 Å². The summed E-state index contributed by atoms with van der Waals surface area (Å²) in [6, 6.07) is 1.66. The highest BCUT2D eigenvalue weighted by Gasteiger charge is 2.26. The summed E-state index contributed by atoms with van der Waals surface area (Å²) in [6.45, 7) is 5.15. The van der Waals surface area contributed by atoms with Gasteiger partial charge in [0.25, 0.3) is 5.56 Å². The molecule has 3 aromatic heterocycles. The van der Waals surface area contributed by atoms with Crippen molar-refractivity contribution >= 4 is 17.1 Å². The van der Waals surface area contributed by atoms with Crippen molar-refractivity contribution in [3.63, 3.8) is 0 Å². The van der Waals surface area contributed by atoms with E-state index in [1.54, 1.807) is 33.9 Å². The number of nitrogens with zero attached hydrogens (tertiary/aromatic N) is 5. The zero-order chi connectivity index (χ0) is 21.6. The number of ether oxygens (including phenoxy) is 2. The molecule has 154 valence electrons. The number of carbonyl (C=O) groups excluding carboxylic acids is 1. The van der Waals surface area contributed by atoms with Gasteiger partial charge >= 0.3 is 11.7 Å². The maximum atomic E-state index is 12.8. The van der Waals surface area contributed by atoms with E-state index in [1.807, 2.05) is 0 Å². The molecule has 0 bridgehead atoms. The second-order valence-electron chi connectivity index (χ2n) is 6.88. The number of hydrogen-bond donors (Lipinski definition) is 0. The van der Waals surface area contributed by atoms with E-state index in [0.29, 0.717) is 17.3 Å². The lowest BCUT2D eigenvalue weighted by molar-refractivity contribution is 0.0310. The summed E-state index contributed by atoms with van der Waals surface area (Å²) in [7, 11) is 6.04. The molecule has 0 aliphatic carbocycles. The summed E-state index contributed by atoms with van der Waals surface area (Å²) in [5, 5.41) is 0. The van der Waals surface area contributed by atoms with E-state index in [-0.39, 0.29) is 16.7 Å². The van der Waals surface area contributed by atoms with Crippen LogP contribution >= 0.6 is 0 Å². The first-order valence-electron chi connectivity index (χ1n) is 8.94. The largest absolute Gasteiger partial charge is 0.496 e. The SMILES string of the molecule is COc1cc(C)nc(C)c1C(=O)OC(C)c1nc2c(c(=O)n(C)c(=O)n2C)n1C. The van der Waals surface area contributed by atoms with Gasteiger partial charge in [-0.2, -0.15) is 0 Å². The van der Waals surface area contributed by atoms with Gasteiger partial charge in [0.2, 0.25) is 0 Å². The highest BCUT2D eigenvalue weighted by atomic mass is 16.5. The van der Waals surface area contributed by atoms with Crippen LogP contribution in [0.1, 0.15) is 40.6 Å². The second kappa shape index (κ2) is 7.19. The summed E-state index contributed by atoms with van der Waals surface area (Å²) in [5.41, 5.74) is 0.956. The van der Waals surface area contributed by atoms with Gasteiger partial charge < -0.3 is 14.0 Å². The van der Waals surface area contributed by atoms with Crippen LogP contribution in [0.15, 0.2) is 15.7 Å². The van der Waals surface area contributed by atoms with Gasteiger partial charge in [0.15, 0.2) is 23.1 Å². The van der Waals surface area contributed by atoms with Crippen molar-refractivity contribution in [3.05, 3.63) is 49.7 Å². The Morgan fingerprint density at radius 3 is 2.34 bits per heavy atom. The number of fused-ring (bicyclic) bond motifs is 1. The van der Waals surface area contributed by atoms with Crippen LogP contribution in [0.25, 0.3) is 11.2 Å². The third-order valence-corrected chi connectivity index (χ3v) is 4.87. The molecule has 29 heavy (non-hydrogen) atoms. The zero-order valence-corrected chi connectivity index (χ0v) is 17.4. The molecule has 0 aliphatic heterocycles. The first-order chi connectivity index (χ1) is 13.6. The van der Waals surface area contributed by atoms with Gasteiger partial charge in [-0.05, 0) is 20.8 Å². The lowest BCUT2D eigenvalue weighted by Gasteiger charge is -2.16. The minimum absolute atomic E-state index is 0.226. The number of methoxy groups -OCH3 is 1. The lowest BCUT2D eigenvalue weighted by Crippen LogP contribution is -2.37. The van der Waals surface area contributed by atoms with Crippen LogP contribution in [0, 0.1) is 13.8 Å². The molecule has 0 saturated carbocycles. The Balaban J connectivity index is 2.05. The molecule has 0 N–H and O–H groups in total. The lowest BCUT2D eigenvalue weighted by atomic mass is 10.1. The van der Waals surface area contributed by atoms with Gasteiger partial charge in [0, 0.05) is 32.9 Å². The van der Waals surface area contributed by atoms with Crippen molar-refractivity contribution in [2.24, 2.45) is 21.1 Å². The fraction of sp³-hybridized carbons (Fsp3) is 0.421. The summed E-state index contributed by atoms with van der Waals surface area (Å²) >= 11 is 0. The maximum Gasteiger partial charge on any atom is 0.344 e. The van der Waals surface area contributed by atoms with Gasteiger partial charge in [-0.1, -0.05) is 0 Å². The number of aromatic nitrogens is 5. The Labute approximate surface area is 166 Å². The molecule has 1 unspecified atom stereocenters. The van der Waals surface area contributed by atoms with Gasteiger partial charge in [-0.3, -0.25) is 18.9 Å². The fourth-order valence-electron chi connectivity index (χ4n) is 3.37. The number of hydrogen-bond acceptors (Lipinski definition) is 7. The summed E-state index contributed by atoms with van der Waals surface area (Å²) in [5.74, 6) is 0.0880. The number of rotatable bonds is 4. The second-order valence-corrected chi connectivity index (χ2v) is 6.88. The van der Waals surface area contributed by atoms with E-state index in [9.17, 15) is 14.4 Å². The van der Waals surface area contributed by atoms with Crippen LogP contribution in [-0.2, 0) is 25.9 Å². The highest BCUT2D eigenvalue weighted by molar-refractivity contribution is 5.93. The molecule has 10 heteroatoms. The first-order valence-corrected chi connectivity index (χ1v) is 8.94. The third kappa shape index (κ3) is 3.20. The topological polar surface area (TPSA) is 110 Å². The minimum atomic E-state index is -0.787. The van der Waals surface area contributed by atoms with Crippen molar-refractivity contribution < 1.29 is 14.3 Å². The van der Waals surface area contributed by atoms with Crippen molar-refractivity contribution in [2.45, 2.75) is 26.9 Å². The monoisotopic (exact) mass is 401 g/mol. The average molecular weight is 401 g/mol. The Morgan fingerprint density at radius 2 is 1.72 bits per heavy atom. The summed E-state index contributed by atoms with van der Waals surface area (Å²) < 4.78 is 14.7. The quantitative estimate of drug-likeness (QED) is 0.598. The smallest absolute Gasteiger partial charge is 0.344 e. The molecule has 3 aromatic rings. The normalized spacial score (nSPS) is 12.2. The molecule has 0 fully saturated rings. The van der Waals surface area contributed by atoms with Crippen LogP contribution in [-0.4, -0.2) is 36.7 Å². The van der Waals surface area contributed by atoms with E-state index in [1.165, 1.54) is 30.3 Å². The molecule has 3 rings (SSSR count). The fourth-order valence-corrected chi connectivity index (χ4v) is 3.37. The molecule has 0 aliphatic rings. The molecule has 0 amide bonds. The van der Waals surface area contributed by atoms with Crippen molar-refractivity contribution in [3.8, 4) is 5.75 Å². The van der Waals surface area contributed by atoms with Gasteiger partial charge in [-0.15, -0.1) is 0 Å². The van der Waals surface area contributed by atoms with Crippen LogP contribution in [0.3, 0.4) is 0 Å². The molecule has 0 saturated heterocycles. The molecule has 0 spiro atoms. The van der Waals surface area contributed by atoms with Crippen molar-refractivity contribution in [1.29, 1.82) is 0 Å². The standard InChI is InChI=1S/C19H23N5O5/c1-9-8-12(28-7)13(10(2)20-9)18(26)29-11(3)15-21-16-14(22(15)4)17(25)24(6)19(27)23(16)5/h8,11H,1-7H3. The van der Waals surface area contributed by atoms with Crippen molar-refractivity contribution in [1.82, 2.24) is 23.7 Å². The van der Waals surface area contributed by atoms with E-state index >= 15 is 0 Å². The van der Waals surface area contributed by atoms with Gasteiger partial charge in [-0.25, -0.2) is 14.6 Å². The molecular weight excluding hydrogens is 378 g/mol. The van der Waals surface area contributed by atoms with E-state index in [4.69, 9.17) is 9.47 Å². The molecular formula is C19H23N5O5. The third-order valence-electron chi connectivity index (χ3n) is 4.87. The first kappa shape index (κ1) is 20.3. The average Bonchev–Trinajstić information content (AvgIpc) is 3.01. The predicted molar refractivity (Wildman–Crippen MR) is 105 cm³/mol. The van der Waals surface area contributed by atoms with E-state index in [2.05, 4.69) is 9.97 Å². The zero-order valence-electron chi connectivity index (χ0n) is 17.4. The van der Waals surface area contributed by atoms with Crippen molar-refractivity contribution in [2.75, 3.05) is 7.11 Å². The molecule has 10 nitrogen and oxygen atoms in total. The van der Waals surface area contributed by atoms with Gasteiger partial charge in [0.05, 0.1) is 12.8 Å². The number of aryl methyl sites for hydroxylation is 4. The van der Waals surface area contributed by atoms with E-state index < -0.39 is 23.3 Å². The Kier molecular flexibility index (Phi) is 5.04. The van der Waals surface area contributed by atoms with E-state index in [0.717, 1.165) is 10.3 Å². The Hall–Kier alpha value is -3.43. The predicted octanol–water partition coefficient (Wildman–Crippen LogP) is 0.909. The maximum absolute atomic E-state index is 12.8. The van der Waals surface area contributed by atoms with Crippen LogP contribution in [0.2, 0.25) is 0 Å². The summed E-state index contributed by atoms with van der Waals surface area (Å²) in [4.78, 5) is 46.2. The Bertz CT molecular complexity index is 1250. The molecule has 3 heterocycles.